The minimum Gasteiger partial charge on any atom is -0.507 e. The summed E-state index contributed by atoms with van der Waals surface area (Å²) in [6.45, 7) is 0.919. The lowest BCUT2D eigenvalue weighted by molar-refractivity contribution is 0.474. The quantitative estimate of drug-likeness (QED) is 0.751. The Morgan fingerprint density at radius 1 is 1.16 bits per heavy atom. The topological polar surface area (TPSA) is 57.8 Å². The average molecular weight is 372 g/mol. The molecule has 0 unspecified atom stereocenters. The Balaban J connectivity index is 1.73. The molecule has 3 aromatic rings. The summed E-state index contributed by atoms with van der Waals surface area (Å²) in [5.41, 5.74) is 1.47. The summed E-state index contributed by atoms with van der Waals surface area (Å²) < 4.78 is 2.20. The summed E-state index contributed by atoms with van der Waals surface area (Å²) in [5.74, 6) is 0.151. The van der Waals surface area contributed by atoms with Gasteiger partial charge in [-0.1, -0.05) is 41.1 Å². The van der Waals surface area contributed by atoms with Gasteiger partial charge >= 0.3 is 0 Å². The molecule has 1 N–H and O–H groups in total. The Morgan fingerprint density at radius 3 is 2.68 bits per heavy atom. The molecule has 0 atom stereocenters. The lowest BCUT2D eigenvalue weighted by Crippen LogP contribution is -2.42. The molecular weight excluding hydrogens is 358 g/mol. The van der Waals surface area contributed by atoms with Crippen LogP contribution >= 0.6 is 22.9 Å². The third-order valence-electron chi connectivity index (χ3n) is 3.99. The normalized spacial score (nSPS) is 14.3. The predicted molar refractivity (Wildman–Crippen MR) is 99.8 cm³/mol. The van der Waals surface area contributed by atoms with E-state index in [1.807, 2.05) is 35.2 Å². The van der Waals surface area contributed by atoms with Gasteiger partial charge in [0.15, 0.2) is 4.80 Å². The number of fused-ring (bicyclic) bond motifs is 1. The molecule has 1 aliphatic rings. The standard InChI is InChI=1S/C18H14ClN3O2S/c19-13-5-7-14(8-6-13)21-10-20-18-22(11-21)17(24)16(25-18)9-12-3-1-2-4-15(12)23/h1-9,23H,10-11H2/b16-9+. The highest BCUT2D eigenvalue weighted by molar-refractivity contribution is 7.07. The van der Waals surface area contributed by atoms with Gasteiger partial charge in [-0.15, -0.1) is 0 Å². The van der Waals surface area contributed by atoms with Crippen molar-refractivity contribution in [2.75, 3.05) is 11.6 Å². The highest BCUT2D eigenvalue weighted by Crippen LogP contribution is 2.19. The highest BCUT2D eigenvalue weighted by atomic mass is 35.5. The highest BCUT2D eigenvalue weighted by Gasteiger charge is 2.16. The van der Waals surface area contributed by atoms with Crippen molar-refractivity contribution >= 4 is 34.7 Å². The van der Waals surface area contributed by atoms with Crippen LogP contribution in [0.4, 0.5) is 5.69 Å². The van der Waals surface area contributed by atoms with Crippen LogP contribution in [0.15, 0.2) is 58.3 Å². The monoisotopic (exact) mass is 371 g/mol. The number of anilines is 1. The molecule has 0 saturated carbocycles. The number of nitrogens with zero attached hydrogens (tertiary/aromatic N) is 3. The molecule has 1 aromatic heterocycles. The van der Waals surface area contributed by atoms with Crippen molar-refractivity contribution in [1.29, 1.82) is 0 Å². The van der Waals surface area contributed by atoms with Crippen LogP contribution < -0.4 is 19.8 Å². The number of para-hydroxylation sites is 1. The molecule has 0 bridgehead atoms. The third-order valence-corrected chi connectivity index (χ3v) is 5.29. The average Bonchev–Trinajstić information content (AvgIpc) is 2.93. The number of phenolic OH excluding ortho intramolecular Hbond substituents is 1. The lowest BCUT2D eigenvalue weighted by Gasteiger charge is -2.25. The summed E-state index contributed by atoms with van der Waals surface area (Å²) in [7, 11) is 0. The molecule has 25 heavy (non-hydrogen) atoms. The second kappa shape index (κ2) is 6.38. The first-order valence-corrected chi connectivity index (χ1v) is 8.85. The number of rotatable bonds is 2. The van der Waals surface area contributed by atoms with Gasteiger partial charge in [0.05, 0.1) is 4.53 Å². The first-order valence-electron chi connectivity index (χ1n) is 7.66. The third kappa shape index (κ3) is 3.06. The predicted octanol–water partition coefficient (Wildman–Crippen LogP) is 2.15. The van der Waals surface area contributed by atoms with Gasteiger partial charge in [-0.2, -0.15) is 0 Å². The summed E-state index contributed by atoms with van der Waals surface area (Å²) in [4.78, 5) is 19.9. The molecule has 0 spiro atoms. The number of benzene rings is 2. The summed E-state index contributed by atoms with van der Waals surface area (Å²) in [6.07, 6.45) is 1.70. The zero-order valence-electron chi connectivity index (χ0n) is 13.1. The van der Waals surface area contributed by atoms with Crippen molar-refractivity contribution in [1.82, 2.24) is 4.57 Å². The fourth-order valence-electron chi connectivity index (χ4n) is 2.68. The van der Waals surface area contributed by atoms with Crippen LogP contribution in [0.2, 0.25) is 5.02 Å². The molecule has 0 radical (unpaired) electrons. The molecule has 4 rings (SSSR count). The SMILES string of the molecule is O=c1/c(=C\c2ccccc2O)sc2n1CN(c1ccc(Cl)cc1)CN=2. The Kier molecular flexibility index (Phi) is 4.07. The molecule has 2 aromatic carbocycles. The van der Waals surface area contributed by atoms with Crippen molar-refractivity contribution in [3.8, 4) is 5.75 Å². The van der Waals surface area contributed by atoms with E-state index in [0.29, 0.717) is 33.3 Å². The van der Waals surface area contributed by atoms with Crippen LogP contribution in [0.3, 0.4) is 0 Å². The molecular formula is C18H14ClN3O2S. The molecule has 0 amide bonds. The smallest absolute Gasteiger partial charge is 0.271 e. The second-order valence-corrected chi connectivity index (χ2v) is 7.09. The van der Waals surface area contributed by atoms with Gasteiger partial charge in [-0.3, -0.25) is 9.36 Å². The Morgan fingerprint density at radius 2 is 1.92 bits per heavy atom. The van der Waals surface area contributed by atoms with Crippen LogP contribution in [0.25, 0.3) is 6.08 Å². The van der Waals surface area contributed by atoms with Crippen LogP contribution in [0.5, 0.6) is 5.75 Å². The van der Waals surface area contributed by atoms with Crippen molar-refractivity contribution < 1.29 is 5.11 Å². The van der Waals surface area contributed by atoms with Crippen molar-refractivity contribution in [3.63, 3.8) is 0 Å². The van der Waals surface area contributed by atoms with E-state index in [0.717, 1.165) is 5.69 Å². The number of hydrogen-bond acceptors (Lipinski definition) is 5. The van der Waals surface area contributed by atoms with E-state index in [9.17, 15) is 9.90 Å². The Bertz CT molecular complexity index is 1100. The lowest BCUT2D eigenvalue weighted by atomic mass is 10.2. The van der Waals surface area contributed by atoms with Gasteiger partial charge in [0.1, 0.15) is 19.1 Å². The minimum absolute atomic E-state index is 0.106. The van der Waals surface area contributed by atoms with Crippen molar-refractivity contribution in [2.45, 2.75) is 6.67 Å². The van der Waals surface area contributed by atoms with Gasteiger partial charge < -0.3 is 10.0 Å². The van der Waals surface area contributed by atoms with Crippen molar-refractivity contribution in [2.24, 2.45) is 4.99 Å². The second-order valence-electron chi connectivity index (χ2n) is 5.64. The molecule has 1 aliphatic heterocycles. The first-order chi connectivity index (χ1) is 12.1. The minimum atomic E-state index is -0.106. The van der Waals surface area contributed by atoms with Crippen LogP contribution in [-0.2, 0) is 6.67 Å². The zero-order chi connectivity index (χ0) is 17.4. The van der Waals surface area contributed by atoms with E-state index in [1.54, 1.807) is 28.8 Å². The van der Waals surface area contributed by atoms with E-state index >= 15 is 0 Å². The zero-order valence-corrected chi connectivity index (χ0v) is 14.7. The van der Waals surface area contributed by atoms with E-state index in [1.165, 1.54) is 11.3 Å². The Labute approximate surface area is 152 Å². The molecule has 0 aliphatic carbocycles. The van der Waals surface area contributed by atoms with E-state index in [4.69, 9.17) is 11.6 Å². The number of aromatic nitrogens is 1. The molecule has 0 fully saturated rings. The first kappa shape index (κ1) is 15.9. The van der Waals surface area contributed by atoms with Gasteiger partial charge in [-0.05, 0) is 36.4 Å². The summed E-state index contributed by atoms with van der Waals surface area (Å²) in [6, 6.07) is 14.4. The molecule has 7 heteroatoms. The van der Waals surface area contributed by atoms with Crippen LogP contribution in [-0.4, -0.2) is 16.3 Å². The maximum Gasteiger partial charge on any atom is 0.271 e. The maximum absolute atomic E-state index is 12.7. The molecule has 0 saturated heterocycles. The molecule has 5 nitrogen and oxygen atoms in total. The summed E-state index contributed by atoms with van der Waals surface area (Å²) >= 11 is 7.26. The van der Waals surface area contributed by atoms with E-state index in [2.05, 4.69) is 4.99 Å². The van der Waals surface area contributed by atoms with Crippen molar-refractivity contribution in [3.05, 3.63) is 78.8 Å². The van der Waals surface area contributed by atoms with Gasteiger partial charge in [0, 0.05) is 16.3 Å². The number of halogens is 1. The summed E-state index contributed by atoms with van der Waals surface area (Å²) in [5, 5.41) is 10.6. The van der Waals surface area contributed by atoms with Gasteiger partial charge in [-0.25, -0.2) is 4.99 Å². The number of aromatic hydroxyl groups is 1. The number of thiazole rings is 1. The Hall–Kier alpha value is -2.57. The van der Waals surface area contributed by atoms with Gasteiger partial charge in [0.25, 0.3) is 5.56 Å². The van der Waals surface area contributed by atoms with E-state index in [-0.39, 0.29) is 11.3 Å². The van der Waals surface area contributed by atoms with Crippen LogP contribution in [0, 0.1) is 0 Å². The largest absolute Gasteiger partial charge is 0.507 e. The fraction of sp³-hybridized carbons (Fsp3) is 0.111. The molecule has 2 heterocycles. The molecule has 126 valence electrons. The maximum atomic E-state index is 12.7. The van der Waals surface area contributed by atoms with Crippen LogP contribution in [0.1, 0.15) is 5.56 Å². The van der Waals surface area contributed by atoms with E-state index < -0.39 is 0 Å². The number of hydrogen-bond donors (Lipinski definition) is 1. The van der Waals surface area contributed by atoms with Gasteiger partial charge in [0.2, 0.25) is 0 Å². The number of phenols is 1. The fourth-order valence-corrected chi connectivity index (χ4v) is 3.76.